The lowest BCUT2D eigenvalue weighted by atomic mass is 10.2. The van der Waals surface area contributed by atoms with Gasteiger partial charge in [-0.1, -0.05) is 41.4 Å². The summed E-state index contributed by atoms with van der Waals surface area (Å²) in [5.41, 5.74) is 1.74. The SMILES string of the molecule is Cc1ccc(S(=O)(=O)N2CCCO[C@@H]2CNC(=O)C(=O)NCc2ccc(Cl)cc2)cc1. The van der Waals surface area contributed by atoms with Crippen LogP contribution in [-0.2, 0) is 30.9 Å². The van der Waals surface area contributed by atoms with E-state index in [2.05, 4.69) is 10.6 Å². The highest BCUT2D eigenvalue weighted by molar-refractivity contribution is 7.89. The fraction of sp³-hybridized carbons (Fsp3) is 0.333. The summed E-state index contributed by atoms with van der Waals surface area (Å²) in [5, 5.41) is 5.54. The number of aryl methyl sites for hydroxylation is 1. The first-order valence-electron chi connectivity index (χ1n) is 9.78. The Kier molecular flexibility index (Phi) is 7.66. The summed E-state index contributed by atoms with van der Waals surface area (Å²) in [7, 11) is -3.80. The molecule has 0 spiro atoms. The summed E-state index contributed by atoms with van der Waals surface area (Å²) >= 11 is 5.82. The number of carbonyl (C=O) groups is 2. The zero-order chi connectivity index (χ0) is 22.4. The number of ether oxygens (including phenoxy) is 1. The number of hydrogen-bond acceptors (Lipinski definition) is 5. The maximum absolute atomic E-state index is 13.0. The maximum atomic E-state index is 13.0. The van der Waals surface area contributed by atoms with Crippen LogP contribution in [0.15, 0.2) is 53.4 Å². The second-order valence-corrected chi connectivity index (χ2v) is 9.45. The van der Waals surface area contributed by atoms with Crippen molar-refractivity contribution < 1.29 is 22.7 Å². The lowest BCUT2D eigenvalue weighted by Gasteiger charge is -2.34. The Labute approximate surface area is 186 Å². The van der Waals surface area contributed by atoms with E-state index in [1.807, 2.05) is 6.92 Å². The summed E-state index contributed by atoms with van der Waals surface area (Å²) in [6.07, 6.45) is -0.357. The molecule has 166 valence electrons. The number of rotatable bonds is 6. The van der Waals surface area contributed by atoms with Crippen LogP contribution in [0, 0.1) is 6.92 Å². The number of nitrogens with zero attached hydrogens (tertiary/aromatic N) is 1. The van der Waals surface area contributed by atoms with Gasteiger partial charge in [0.1, 0.15) is 6.23 Å². The quantitative estimate of drug-likeness (QED) is 0.633. The Morgan fingerprint density at radius 1 is 1.06 bits per heavy atom. The van der Waals surface area contributed by atoms with Gasteiger partial charge in [0.25, 0.3) is 0 Å². The minimum atomic E-state index is -3.80. The summed E-state index contributed by atoms with van der Waals surface area (Å²) < 4.78 is 32.8. The van der Waals surface area contributed by atoms with Crippen molar-refractivity contribution in [3.05, 3.63) is 64.7 Å². The molecule has 10 heteroatoms. The second kappa shape index (κ2) is 10.2. The van der Waals surface area contributed by atoms with Gasteiger partial charge in [-0.05, 0) is 43.2 Å². The molecule has 1 aliphatic heterocycles. The Morgan fingerprint density at radius 3 is 2.39 bits per heavy atom. The number of halogens is 1. The van der Waals surface area contributed by atoms with Gasteiger partial charge in [0.2, 0.25) is 10.0 Å². The van der Waals surface area contributed by atoms with Gasteiger partial charge in [-0.3, -0.25) is 9.59 Å². The third-order valence-corrected chi connectivity index (χ3v) is 6.95. The van der Waals surface area contributed by atoms with E-state index < -0.39 is 28.1 Å². The van der Waals surface area contributed by atoms with Gasteiger partial charge in [-0.15, -0.1) is 0 Å². The van der Waals surface area contributed by atoms with Gasteiger partial charge < -0.3 is 15.4 Å². The van der Waals surface area contributed by atoms with Crippen LogP contribution in [0.3, 0.4) is 0 Å². The van der Waals surface area contributed by atoms with Crippen molar-refractivity contribution in [1.29, 1.82) is 0 Å². The number of benzene rings is 2. The fourth-order valence-electron chi connectivity index (χ4n) is 3.07. The van der Waals surface area contributed by atoms with Gasteiger partial charge in [0.05, 0.1) is 18.0 Å². The minimum Gasteiger partial charge on any atom is -0.360 e. The lowest BCUT2D eigenvalue weighted by Crippen LogP contribution is -2.53. The highest BCUT2D eigenvalue weighted by Gasteiger charge is 2.34. The standard InChI is InChI=1S/C21H24ClN3O5S/c1-15-3-9-18(10-4-15)31(28,29)25-11-2-12-30-19(25)14-24-21(27)20(26)23-13-16-5-7-17(22)8-6-16/h3-10,19H,2,11-14H2,1H3,(H,23,26)(H,24,27)/t19-/m1/s1. The predicted octanol–water partition coefficient (Wildman–Crippen LogP) is 1.82. The molecule has 0 bridgehead atoms. The number of hydrogen-bond donors (Lipinski definition) is 2. The molecule has 1 aliphatic rings. The molecule has 2 amide bonds. The van der Waals surface area contributed by atoms with Gasteiger partial charge in [-0.2, -0.15) is 4.31 Å². The first-order valence-corrected chi connectivity index (χ1v) is 11.6. The minimum absolute atomic E-state index is 0.141. The third kappa shape index (κ3) is 6.04. The Morgan fingerprint density at radius 2 is 1.71 bits per heavy atom. The normalized spacial score (nSPS) is 17.2. The van der Waals surface area contributed by atoms with E-state index in [1.165, 1.54) is 4.31 Å². The largest absolute Gasteiger partial charge is 0.360 e. The smallest absolute Gasteiger partial charge is 0.309 e. The van der Waals surface area contributed by atoms with Crippen LogP contribution >= 0.6 is 11.6 Å². The van der Waals surface area contributed by atoms with Crippen LogP contribution in [0.2, 0.25) is 5.02 Å². The molecule has 2 aromatic carbocycles. The van der Waals surface area contributed by atoms with Crippen molar-refractivity contribution >= 4 is 33.4 Å². The third-order valence-electron chi connectivity index (χ3n) is 4.79. The first-order chi connectivity index (χ1) is 14.8. The molecule has 0 aromatic heterocycles. The van der Waals surface area contributed by atoms with E-state index in [9.17, 15) is 18.0 Å². The molecule has 0 radical (unpaired) electrons. The average molecular weight is 466 g/mol. The maximum Gasteiger partial charge on any atom is 0.309 e. The van der Waals surface area contributed by atoms with Gasteiger partial charge in [0.15, 0.2) is 0 Å². The van der Waals surface area contributed by atoms with Crippen molar-refractivity contribution in [3.63, 3.8) is 0 Å². The van der Waals surface area contributed by atoms with Crippen molar-refractivity contribution in [3.8, 4) is 0 Å². The molecule has 0 unspecified atom stereocenters. The van der Waals surface area contributed by atoms with Crippen molar-refractivity contribution in [2.24, 2.45) is 0 Å². The molecule has 2 aromatic rings. The molecule has 3 rings (SSSR count). The topological polar surface area (TPSA) is 105 Å². The van der Waals surface area contributed by atoms with E-state index >= 15 is 0 Å². The lowest BCUT2D eigenvalue weighted by molar-refractivity contribution is -0.140. The summed E-state index contributed by atoms with van der Waals surface area (Å²) in [5.74, 6) is -1.69. The Balaban J connectivity index is 1.58. The zero-order valence-electron chi connectivity index (χ0n) is 17.0. The first kappa shape index (κ1) is 23.2. The average Bonchev–Trinajstić information content (AvgIpc) is 2.77. The Bertz CT molecular complexity index is 1030. The molecule has 1 saturated heterocycles. The highest BCUT2D eigenvalue weighted by Crippen LogP contribution is 2.22. The molecular formula is C21H24ClN3O5S. The van der Waals surface area contributed by atoms with Crippen LogP contribution in [0.1, 0.15) is 17.5 Å². The van der Waals surface area contributed by atoms with Crippen molar-refractivity contribution in [1.82, 2.24) is 14.9 Å². The molecule has 1 heterocycles. The number of amides is 2. The molecule has 8 nitrogen and oxygen atoms in total. The van der Waals surface area contributed by atoms with E-state index in [-0.39, 0.29) is 24.5 Å². The number of sulfonamides is 1. The molecule has 1 fully saturated rings. The van der Waals surface area contributed by atoms with E-state index in [1.54, 1.807) is 48.5 Å². The molecule has 0 aliphatic carbocycles. The molecular weight excluding hydrogens is 442 g/mol. The van der Waals surface area contributed by atoms with Crippen molar-refractivity contribution in [2.75, 3.05) is 19.7 Å². The summed E-state index contributed by atoms with van der Waals surface area (Å²) in [4.78, 5) is 24.4. The molecule has 0 saturated carbocycles. The second-order valence-electron chi connectivity index (χ2n) is 7.13. The van der Waals surface area contributed by atoms with Crippen LogP contribution in [0.5, 0.6) is 0 Å². The van der Waals surface area contributed by atoms with Crippen LogP contribution in [0.4, 0.5) is 0 Å². The highest BCUT2D eigenvalue weighted by atomic mass is 35.5. The van der Waals surface area contributed by atoms with Gasteiger partial charge in [-0.25, -0.2) is 8.42 Å². The number of carbonyl (C=O) groups excluding carboxylic acids is 2. The molecule has 31 heavy (non-hydrogen) atoms. The fourth-order valence-corrected chi connectivity index (χ4v) is 4.76. The summed E-state index contributed by atoms with van der Waals surface area (Å²) in [6.45, 7) is 2.52. The van der Waals surface area contributed by atoms with Crippen LogP contribution < -0.4 is 10.6 Å². The Hall–Kier alpha value is -2.46. The van der Waals surface area contributed by atoms with Gasteiger partial charge >= 0.3 is 11.8 Å². The molecule has 1 atom stereocenters. The van der Waals surface area contributed by atoms with E-state index in [4.69, 9.17) is 16.3 Å². The van der Waals surface area contributed by atoms with E-state index in [0.717, 1.165) is 11.1 Å². The zero-order valence-corrected chi connectivity index (χ0v) is 18.6. The predicted molar refractivity (Wildman–Crippen MR) is 116 cm³/mol. The van der Waals surface area contributed by atoms with Crippen molar-refractivity contribution in [2.45, 2.75) is 31.0 Å². The molecule has 2 N–H and O–H groups in total. The van der Waals surface area contributed by atoms with Crippen LogP contribution in [0.25, 0.3) is 0 Å². The van der Waals surface area contributed by atoms with Crippen LogP contribution in [-0.4, -0.2) is 50.5 Å². The van der Waals surface area contributed by atoms with Gasteiger partial charge in [0, 0.05) is 18.1 Å². The monoisotopic (exact) mass is 465 g/mol. The van der Waals surface area contributed by atoms with E-state index in [0.29, 0.717) is 18.1 Å². The number of nitrogens with one attached hydrogen (secondary N) is 2. The summed E-state index contributed by atoms with van der Waals surface area (Å²) in [6, 6.07) is 13.4.